The number of rotatable bonds is 5. The summed E-state index contributed by atoms with van der Waals surface area (Å²) in [5.74, 6) is 0. The van der Waals surface area contributed by atoms with Gasteiger partial charge in [0.2, 0.25) is 0 Å². The van der Waals surface area contributed by atoms with Crippen molar-refractivity contribution in [1.82, 2.24) is 13.5 Å². The standard InChI is InChI=1S/C19H31N3O2S/c1-17-8-6-7-9-18(17)16-21-12-14-22(15-13-21)25(23,24)20(2)19-10-4-3-5-11-19/h6-9,19H,3-5,10-16H2,1-2H3. The Hall–Kier alpha value is -0.950. The highest BCUT2D eigenvalue weighted by molar-refractivity contribution is 7.86. The molecule has 1 saturated heterocycles. The summed E-state index contributed by atoms with van der Waals surface area (Å²) in [5, 5.41) is 0. The molecular weight excluding hydrogens is 334 g/mol. The van der Waals surface area contributed by atoms with Crippen LogP contribution in [0.4, 0.5) is 0 Å². The van der Waals surface area contributed by atoms with Crippen LogP contribution in [-0.2, 0) is 16.8 Å². The third-order valence-electron chi connectivity index (χ3n) is 5.77. The lowest BCUT2D eigenvalue weighted by molar-refractivity contribution is 0.170. The minimum atomic E-state index is -3.33. The summed E-state index contributed by atoms with van der Waals surface area (Å²) in [4.78, 5) is 2.36. The average molecular weight is 366 g/mol. The van der Waals surface area contributed by atoms with E-state index in [2.05, 4.69) is 36.1 Å². The molecule has 1 aromatic carbocycles. The maximum Gasteiger partial charge on any atom is 0.282 e. The van der Waals surface area contributed by atoms with Gasteiger partial charge >= 0.3 is 0 Å². The summed E-state index contributed by atoms with van der Waals surface area (Å²) in [6.07, 6.45) is 5.54. The molecule has 6 heteroatoms. The average Bonchev–Trinajstić information content (AvgIpc) is 2.64. The van der Waals surface area contributed by atoms with Gasteiger partial charge in [-0.05, 0) is 30.9 Å². The normalized spacial score (nSPS) is 21.7. The fourth-order valence-corrected chi connectivity index (χ4v) is 5.54. The topological polar surface area (TPSA) is 43.9 Å². The molecule has 0 atom stereocenters. The molecule has 1 aliphatic heterocycles. The Kier molecular flexibility index (Phi) is 6.15. The van der Waals surface area contributed by atoms with Gasteiger partial charge in [0.15, 0.2) is 0 Å². The summed E-state index contributed by atoms with van der Waals surface area (Å²) in [7, 11) is -1.56. The van der Waals surface area contributed by atoms with E-state index in [-0.39, 0.29) is 6.04 Å². The van der Waals surface area contributed by atoms with E-state index in [1.807, 2.05) is 0 Å². The number of aryl methyl sites for hydroxylation is 1. The van der Waals surface area contributed by atoms with Gasteiger partial charge in [-0.3, -0.25) is 4.90 Å². The molecule has 2 fully saturated rings. The Bertz CT molecular complexity index is 663. The third-order valence-corrected chi connectivity index (χ3v) is 7.81. The quantitative estimate of drug-likeness (QED) is 0.806. The van der Waals surface area contributed by atoms with Crippen LogP contribution < -0.4 is 0 Å². The molecule has 0 bridgehead atoms. The van der Waals surface area contributed by atoms with Crippen LogP contribution in [0.3, 0.4) is 0 Å². The van der Waals surface area contributed by atoms with E-state index in [4.69, 9.17) is 0 Å². The summed E-state index contributed by atoms with van der Waals surface area (Å²) in [5.41, 5.74) is 2.63. The van der Waals surface area contributed by atoms with Gasteiger partial charge in [0.25, 0.3) is 10.2 Å². The molecule has 0 radical (unpaired) electrons. The Morgan fingerprint density at radius 1 is 1.04 bits per heavy atom. The molecule has 0 spiro atoms. The van der Waals surface area contributed by atoms with Crippen molar-refractivity contribution in [3.05, 3.63) is 35.4 Å². The van der Waals surface area contributed by atoms with Crippen LogP contribution in [-0.4, -0.2) is 61.2 Å². The fourth-order valence-electron chi connectivity index (χ4n) is 3.96. The molecule has 1 saturated carbocycles. The second-order valence-corrected chi connectivity index (χ2v) is 9.41. The molecule has 2 aliphatic rings. The Morgan fingerprint density at radius 3 is 2.32 bits per heavy atom. The highest BCUT2D eigenvalue weighted by Gasteiger charge is 2.34. The second kappa shape index (κ2) is 8.16. The van der Waals surface area contributed by atoms with Crippen molar-refractivity contribution in [1.29, 1.82) is 0 Å². The molecule has 5 nitrogen and oxygen atoms in total. The van der Waals surface area contributed by atoms with Crippen LogP contribution in [0.15, 0.2) is 24.3 Å². The molecule has 1 aliphatic carbocycles. The molecule has 0 unspecified atom stereocenters. The van der Waals surface area contributed by atoms with Gasteiger partial charge in [-0.25, -0.2) is 0 Å². The van der Waals surface area contributed by atoms with Crippen LogP contribution in [0.25, 0.3) is 0 Å². The van der Waals surface area contributed by atoms with Crippen molar-refractivity contribution in [2.45, 2.75) is 51.6 Å². The van der Waals surface area contributed by atoms with Crippen LogP contribution in [0.5, 0.6) is 0 Å². The highest BCUT2D eigenvalue weighted by Crippen LogP contribution is 2.25. The monoisotopic (exact) mass is 365 g/mol. The van der Waals surface area contributed by atoms with E-state index >= 15 is 0 Å². The summed E-state index contributed by atoms with van der Waals surface area (Å²) >= 11 is 0. The van der Waals surface area contributed by atoms with Crippen molar-refractivity contribution < 1.29 is 8.42 Å². The molecule has 1 heterocycles. The van der Waals surface area contributed by atoms with E-state index in [1.54, 1.807) is 15.7 Å². The SMILES string of the molecule is Cc1ccccc1CN1CCN(S(=O)(=O)N(C)C2CCCCC2)CC1. The zero-order chi connectivity index (χ0) is 17.9. The molecule has 25 heavy (non-hydrogen) atoms. The maximum absolute atomic E-state index is 12.9. The number of benzene rings is 1. The predicted octanol–water partition coefficient (Wildman–Crippen LogP) is 2.62. The number of nitrogens with zero attached hydrogens (tertiary/aromatic N) is 3. The van der Waals surface area contributed by atoms with Gasteiger partial charge in [0.1, 0.15) is 0 Å². The maximum atomic E-state index is 12.9. The first-order valence-corrected chi connectivity index (χ1v) is 10.9. The zero-order valence-corrected chi connectivity index (χ0v) is 16.3. The first-order chi connectivity index (χ1) is 12.0. The van der Waals surface area contributed by atoms with Gasteiger partial charge in [-0.2, -0.15) is 17.0 Å². The van der Waals surface area contributed by atoms with E-state index in [1.165, 1.54) is 17.5 Å². The first-order valence-electron chi connectivity index (χ1n) is 9.48. The fraction of sp³-hybridized carbons (Fsp3) is 0.684. The van der Waals surface area contributed by atoms with E-state index < -0.39 is 10.2 Å². The second-order valence-electron chi connectivity index (χ2n) is 7.42. The lowest BCUT2D eigenvalue weighted by Crippen LogP contribution is -2.54. The van der Waals surface area contributed by atoms with Crippen molar-refractivity contribution in [2.75, 3.05) is 33.2 Å². The molecule has 3 rings (SSSR count). The van der Waals surface area contributed by atoms with Gasteiger partial charge in [0, 0.05) is 45.8 Å². The van der Waals surface area contributed by atoms with Crippen LogP contribution in [0.2, 0.25) is 0 Å². The smallest absolute Gasteiger partial charge is 0.282 e. The minimum Gasteiger partial charge on any atom is -0.296 e. The lowest BCUT2D eigenvalue weighted by atomic mass is 9.96. The van der Waals surface area contributed by atoms with Crippen molar-refractivity contribution in [3.8, 4) is 0 Å². The van der Waals surface area contributed by atoms with E-state index in [9.17, 15) is 8.42 Å². The van der Waals surface area contributed by atoms with E-state index in [0.29, 0.717) is 13.1 Å². The predicted molar refractivity (Wildman–Crippen MR) is 102 cm³/mol. The van der Waals surface area contributed by atoms with E-state index in [0.717, 1.165) is 45.3 Å². The van der Waals surface area contributed by atoms with Crippen molar-refractivity contribution >= 4 is 10.2 Å². The van der Waals surface area contributed by atoms with Crippen LogP contribution in [0.1, 0.15) is 43.2 Å². The van der Waals surface area contributed by atoms with Gasteiger partial charge in [-0.15, -0.1) is 0 Å². The van der Waals surface area contributed by atoms with Gasteiger partial charge in [-0.1, -0.05) is 43.5 Å². The molecule has 0 aromatic heterocycles. The summed E-state index contributed by atoms with van der Waals surface area (Å²) < 4.78 is 29.2. The third kappa shape index (κ3) is 4.42. The van der Waals surface area contributed by atoms with Gasteiger partial charge < -0.3 is 0 Å². The largest absolute Gasteiger partial charge is 0.296 e. The molecule has 140 valence electrons. The van der Waals surface area contributed by atoms with Crippen LogP contribution in [0, 0.1) is 6.92 Å². The molecule has 0 amide bonds. The summed E-state index contributed by atoms with van der Waals surface area (Å²) in [6.45, 7) is 5.81. The Morgan fingerprint density at radius 2 is 1.68 bits per heavy atom. The Balaban J connectivity index is 1.56. The van der Waals surface area contributed by atoms with Crippen LogP contribution >= 0.6 is 0 Å². The Labute approximate surface area is 152 Å². The number of piperazine rings is 1. The minimum absolute atomic E-state index is 0.184. The summed E-state index contributed by atoms with van der Waals surface area (Å²) in [6, 6.07) is 8.61. The zero-order valence-electron chi connectivity index (χ0n) is 15.5. The molecular formula is C19H31N3O2S. The lowest BCUT2D eigenvalue weighted by Gasteiger charge is -2.38. The highest BCUT2D eigenvalue weighted by atomic mass is 32.2. The first kappa shape index (κ1) is 18.8. The number of hydrogen-bond acceptors (Lipinski definition) is 3. The van der Waals surface area contributed by atoms with Crippen molar-refractivity contribution in [3.63, 3.8) is 0 Å². The molecule has 0 N–H and O–H groups in total. The van der Waals surface area contributed by atoms with Crippen molar-refractivity contribution in [2.24, 2.45) is 0 Å². The number of hydrogen-bond donors (Lipinski definition) is 0. The molecule has 1 aromatic rings. The van der Waals surface area contributed by atoms with Gasteiger partial charge in [0.05, 0.1) is 0 Å².